The van der Waals surface area contributed by atoms with Gasteiger partial charge in [-0.3, -0.25) is 9.48 Å². The summed E-state index contributed by atoms with van der Waals surface area (Å²) in [7, 11) is 0. The molecule has 0 radical (unpaired) electrons. The van der Waals surface area contributed by atoms with Gasteiger partial charge in [-0.05, 0) is 61.7 Å². The molecule has 0 bridgehead atoms. The molecular weight excluding hydrogens is 330 g/mol. The highest BCUT2D eigenvalue weighted by molar-refractivity contribution is 5.91. The summed E-state index contributed by atoms with van der Waals surface area (Å²) >= 11 is 0. The number of ether oxygens (including phenoxy) is 1. The van der Waals surface area contributed by atoms with Gasteiger partial charge >= 0.3 is 0 Å². The van der Waals surface area contributed by atoms with Crippen molar-refractivity contribution in [2.75, 3.05) is 6.54 Å². The zero-order valence-corrected chi connectivity index (χ0v) is 15.1. The monoisotopic (exact) mass is 353 g/mol. The first kappa shape index (κ1) is 17.8. The van der Waals surface area contributed by atoms with Crippen molar-refractivity contribution >= 4 is 5.91 Å². The molecule has 6 nitrogen and oxygen atoms in total. The zero-order valence-electron chi connectivity index (χ0n) is 15.1. The van der Waals surface area contributed by atoms with Crippen LogP contribution < -0.4 is 10.1 Å². The Balaban J connectivity index is 1.44. The molecule has 2 heterocycles. The number of carbonyl (C=O) groups is 1. The second-order valence-electron chi connectivity index (χ2n) is 6.18. The number of nitrogens with zero attached hydrogens (tertiary/aromatic N) is 2. The van der Waals surface area contributed by atoms with Gasteiger partial charge in [0, 0.05) is 25.5 Å². The van der Waals surface area contributed by atoms with Crippen LogP contribution in [0.4, 0.5) is 0 Å². The maximum Gasteiger partial charge on any atom is 0.286 e. The lowest BCUT2D eigenvalue weighted by Gasteiger charge is -2.07. The van der Waals surface area contributed by atoms with Crippen molar-refractivity contribution in [3.8, 4) is 5.75 Å². The van der Waals surface area contributed by atoms with E-state index in [-0.39, 0.29) is 12.5 Å². The van der Waals surface area contributed by atoms with Crippen molar-refractivity contribution in [3.63, 3.8) is 0 Å². The van der Waals surface area contributed by atoms with E-state index in [1.165, 1.54) is 11.1 Å². The van der Waals surface area contributed by atoms with Gasteiger partial charge < -0.3 is 14.5 Å². The number of amides is 1. The Bertz CT molecular complexity index is 853. The van der Waals surface area contributed by atoms with Crippen LogP contribution in [-0.2, 0) is 13.2 Å². The Labute approximate surface area is 152 Å². The van der Waals surface area contributed by atoms with Crippen molar-refractivity contribution < 1.29 is 13.9 Å². The van der Waals surface area contributed by atoms with Crippen LogP contribution in [0.1, 0.15) is 33.9 Å². The second-order valence-corrected chi connectivity index (χ2v) is 6.18. The predicted octanol–water partition coefficient (Wildman–Crippen LogP) is 3.49. The maximum atomic E-state index is 12.1. The van der Waals surface area contributed by atoms with E-state index in [9.17, 15) is 4.79 Å². The number of benzene rings is 1. The normalized spacial score (nSPS) is 10.7. The molecule has 0 atom stereocenters. The van der Waals surface area contributed by atoms with Crippen molar-refractivity contribution in [1.29, 1.82) is 0 Å². The number of furan rings is 1. The summed E-state index contributed by atoms with van der Waals surface area (Å²) < 4.78 is 13.1. The third kappa shape index (κ3) is 4.75. The Kier molecular flexibility index (Phi) is 5.73. The summed E-state index contributed by atoms with van der Waals surface area (Å²) in [5.41, 5.74) is 2.40. The van der Waals surface area contributed by atoms with Crippen LogP contribution in [0.3, 0.4) is 0 Å². The van der Waals surface area contributed by atoms with E-state index < -0.39 is 0 Å². The molecule has 0 fully saturated rings. The highest BCUT2D eigenvalue weighted by Gasteiger charge is 2.11. The molecule has 0 unspecified atom stereocenters. The van der Waals surface area contributed by atoms with Gasteiger partial charge in [0.05, 0.1) is 0 Å². The molecule has 2 aromatic heterocycles. The minimum Gasteiger partial charge on any atom is -0.486 e. The highest BCUT2D eigenvalue weighted by Crippen LogP contribution is 2.18. The smallest absolute Gasteiger partial charge is 0.286 e. The minimum atomic E-state index is -0.220. The number of aryl methyl sites for hydroxylation is 3. The van der Waals surface area contributed by atoms with Gasteiger partial charge in [-0.1, -0.05) is 6.07 Å². The van der Waals surface area contributed by atoms with Gasteiger partial charge in [0.25, 0.3) is 5.91 Å². The third-order valence-electron chi connectivity index (χ3n) is 4.15. The number of hydrogen-bond acceptors (Lipinski definition) is 4. The minimum absolute atomic E-state index is 0.220. The van der Waals surface area contributed by atoms with Crippen molar-refractivity contribution in [1.82, 2.24) is 15.1 Å². The number of rotatable bonds is 8. The van der Waals surface area contributed by atoms with Gasteiger partial charge in [0.15, 0.2) is 5.76 Å². The van der Waals surface area contributed by atoms with E-state index in [0.29, 0.717) is 18.1 Å². The molecule has 6 heteroatoms. The summed E-state index contributed by atoms with van der Waals surface area (Å²) in [6.07, 6.45) is 4.44. The first-order chi connectivity index (χ1) is 12.6. The maximum absolute atomic E-state index is 12.1. The van der Waals surface area contributed by atoms with Crippen LogP contribution in [-0.4, -0.2) is 22.2 Å². The fourth-order valence-electron chi connectivity index (χ4n) is 2.50. The molecule has 0 aliphatic carbocycles. The number of carbonyl (C=O) groups excluding carboxylic acids is 1. The Morgan fingerprint density at radius 3 is 2.88 bits per heavy atom. The van der Waals surface area contributed by atoms with E-state index in [4.69, 9.17) is 9.15 Å². The Morgan fingerprint density at radius 1 is 1.23 bits per heavy atom. The van der Waals surface area contributed by atoms with Crippen molar-refractivity contribution in [2.24, 2.45) is 0 Å². The standard InChI is InChI=1S/C20H23N3O3/c1-15-5-6-17(13-16(15)2)25-14-18-7-8-19(26-18)20(24)21-9-3-11-23-12-4-10-22-23/h4-8,10,12-13H,3,9,11,14H2,1-2H3,(H,21,24). The first-order valence-electron chi connectivity index (χ1n) is 8.66. The SMILES string of the molecule is Cc1ccc(OCc2ccc(C(=O)NCCCn3cccn3)o2)cc1C. The molecule has 3 aromatic rings. The van der Waals surface area contributed by atoms with Gasteiger partial charge in [-0.2, -0.15) is 5.10 Å². The van der Waals surface area contributed by atoms with E-state index in [1.54, 1.807) is 18.3 Å². The van der Waals surface area contributed by atoms with Crippen molar-refractivity contribution in [2.45, 2.75) is 33.4 Å². The molecule has 0 aliphatic rings. The predicted molar refractivity (Wildman–Crippen MR) is 98.1 cm³/mol. The van der Waals surface area contributed by atoms with Crippen molar-refractivity contribution in [3.05, 3.63) is 71.4 Å². The summed E-state index contributed by atoms with van der Waals surface area (Å²) in [6, 6.07) is 11.3. The average molecular weight is 353 g/mol. The van der Waals surface area contributed by atoms with Gasteiger partial charge in [0.1, 0.15) is 18.1 Å². The molecule has 1 aromatic carbocycles. The third-order valence-corrected chi connectivity index (χ3v) is 4.15. The number of nitrogens with one attached hydrogen (secondary N) is 1. The molecular formula is C20H23N3O3. The highest BCUT2D eigenvalue weighted by atomic mass is 16.5. The number of hydrogen-bond donors (Lipinski definition) is 1. The topological polar surface area (TPSA) is 69.3 Å². The molecule has 0 spiro atoms. The van der Waals surface area contributed by atoms with Crippen LogP contribution >= 0.6 is 0 Å². The van der Waals surface area contributed by atoms with E-state index >= 15 is 0 Å². The lowest BCUT2D eigenvalue weighted by Crippen LogP contribution is -2.24. The van der Waals surface area contributed by atoms with E-state index in [2.05, 4.69) is 17.3 Å². The lowest BCUT2D eigenvalue weighted by molar-refractivity contribution is 0.0921. The van der Waals surface area contributed by atoms with Crippen LogP contribution in [0.15, 0.2) is 53.2 Å². The lowest BCUT2D eigenvalue weighted by atomic mass is 10.1. The van der Waals surface area contributed by atoms with Gasteiger partial charge in [-0.25, -0.2) is 0 Å². The fourth-order valence-corrected chi connectivity index (χ4v) is 2.50. The van der Waals surface area contributed by atoms with Crippen LogP contribution in [0.5, 0.6) is 5.75 Å². The largest absolute Gasteiger partial charge is 0.486 e. The quantitative estimate of drug-likeness (QED) is 0.629. The molecule has 0 saturated carbocycles. The van der Waals surface area contributed by atoms with E-state index in [1.807, 2.05) is 42.1 Å². The van der Waals surface area contributed by atoms with Crippen LogP contribution in [0.25, 0.3) is 0 Å². The molecule has 1 amide bonds. The molecule has 136 valence electrons. The van der Waals surface area contributed by atoms with Crippen LogP contribution in [0, 0.1) is 13.8 Å². The summed E-state index contributed by atoms with van der Waals surface area (Å²) in [5.74, 6) is 1.48. The summed E-state index contributed by atoms with van der Waals surface area (Å²) in [4.78, 5) is 12.1. The van der Waals surface area contributed by atoms with Gasteiger partial charge in [0.2, 0.25) is 0 Å². The zero-order chi connectivity index (χ0) is 18.4. The first-order valence-corrected chi connectivity index (χ1v) is 8.66. The average Bonchev–Trinajstić information content (AvgIpc) is 3.31. The molecule has 0 aliphatic heterocycles. The summed E-state index contributed by atoms with van der Waals surface area (Å²) in [5, 5.41) is 6.97. The molecule has 0 saturated heterocycles. The Morgan fingerprint density at radius 2 is 2.12 bits per heavy atom. The fraction of sp³-hybridized carbons (Fsp3) is 0.300. The molecule has 26 heavy (non-hydrogen) atoms. The number of aromatic nitrogens is 2. The Hall–Kier alpha value is -3.02. The van der Waals surface area contributed by atoms with E-state index in [0.717, 1.165) is 18.7 Å². The second kappa shape index (κ2) is 8.38. The molecule has 1 N–H and O–H groups in total. The molecule has 3 rings (SSSR count). The van der Waals surface area contributed by atoms with Crippen LogP contribution in [0.2, 0.25) is 0 Å². The van der Waals surface area contributed by atoms with Gasteiger partial charge in [-0.15, -0.1) is 0 Å². The summed E-state index contributed by atoms with van der Waals surface area (Å²) in [6.45, 7) is 5.72.